The molecule has 0 aliphatic heterocycles. The molecule has 1 saturated carbocycles. The molecule has 1 fully saturated rings. The van der Waals surface area contributed by atoms with Crippen molar-refractivity contribution in [2.75, 3.05) is 0 Å². The van der Waals surface area contributed by atoms with Crippen LogP contribution in [-0.2, 0) is 10.1 Å². The summed E-state index contributed by atoms with van der Waals surface area (Å²) in [5, 5.41) is -1.71. The highest BCUT2D eigenvalue weighted by Gasteiger charge is 2.48. The summed E-state index contributed by atoms with van der Waals surface area (Å²) in [6.07, 6.45) is -8.51. The van der Waals surface area contributed by atoms with Gasteiger partial charge >= 0.3 is 6.18 Å². The summed E-state index contributed by atoms with van der Waals surface area (Å²) in [6, 6.07) is 0. The van der Waals surface area contributed by atoms with Gasteiger partial charge in [0.1, 0.15) is 11.4 Å². The molecule has 1 rings (SSSR count). The average molecular weight is 250 g/mol. The molecule has 1 aliphatic rings. The van der Waals surface area contributed by atoms with Crippen LogP contribution in [0.5, 0.6) is 0 Å². The largest absolute Gasteiger partial charge is 0.391 e. The van der Waals surface area contributed by atoms with Crippen molar-refractivity contribution in [3.63, 3.8) is 0 Å². The lowest BCUT2D eigenvalue weighted by molar-refractivity contribution is -0.186. The van der Waals surface area contributed by atoms with Crippen molar-refractivity contribution < 1.29 is 30.5 Å². The second-order valence-electron chi connectivity index (χ2n) is 3.62. The van der Waals surface area contributed by atoms with Gasteiger partial charge in [-0.2, -0.15) is 21.6 Å². The van der Waals surface area contributed by atoms with Gasteiger partial charge in [-0.3, -0.25) is 4.55 Å². The highest BCUT2D eigenvalue weighted by Crippen LogP contribution is 2.40. The van der Waals surface area contributed by atoms with Crippen molar-refractivity contribution >= 4 is 10.1 Å². The maximum atomic E-state index is 13.1. The minimum absolute atomic E-state index is 0.464. The fourth-order valence-corrected chi connectivity index (χ4v) is 2.64. The molecular formula is C7H10F4O3S. The van der Waals surface area contributed by atoms with Crippen molar-refractivity contribution in [2.45, 2.75) is 36.9 Å². The SMILES string of the molecule is O=S(=O)(O)C1CCC(C(F)(F)F)CC1F. The highest BCUT2D eigenvalue weighted by atomic mass is 32.2. The fraction of sp³-hybridized carbons (Fsp3) is 1.00. The Kier molecular flexibility index (Phi) is 3.30. The number of rotatable bonds is 1. The third-order valence-electron chi connectivity index (χ3n) is 2.56. The van der Waals surface area contributed by atoms with Crippen molar-refractivity contribution in [1.82, 2.24) is 0 Å². The van der Waals surface area contributed by atoms with Crippen LogP contribution in [0.2, 0.25) is 0 Å². The van der Waals surface area contributed by atoms with Crippen LogP contribution in [-0.4, -0.2) is 30.6 Å². The van der Waals surface area contributed by atoms with E-state index in [2.05, 4.69) is 0 Å². The van der Waals surface area contributed by atoms with E-state index in [1.165, 1.54) is 0 Å². The molecule has 0 radical (unpaired) electrons. The number of hydrogen-bond donors (Lipinski definition) is 1. The zero-order valence-electron chi connectivity index (χ0n) is 7.54. The summed E-state index contributed by atoms with van der Waals surface area (Å²) in [7, 11) is -4.59. The van der Waals surface area contributed by atoms with Crippen molar-refractivity contribution in [3.8, 4) is 0 Å². The van der Waals surface area contributed by atoms with Gasteiger partial charge in [-0.25, -0.2) is 4.39 Å². The van der Waals surface area contributed by atoms with E-state index in [0.29, 0.717) is 0 Å². The molecule has 0 aromatic heterocycles. The first-order valence-electron chi connectivity index (χ1n) is 4.29. The number of halogens is 4. The van der Waals surface area contributed by atoms with E-state index in [4.69, 9.17) is 4.55 Å². The molecule has 3 unspecified atom stereocenters. The first-order valence-corrected chi connectivity index (χ1v) is 5.79. The van der Waals surface area contributed by atoms with E-state index < -0.39 is 52.9 Å². The molecule has 0 spiro atoms. The molecule has 0 heterocycles. The van der Waals surface area contributed by atoms with Crippen LogP contribution in [0.4, 0.5) is 17.6 Å². The minimum atomic E-state index is -4.59. The Morgan fingerprint density at radius 2 is 1.73 bits per heavy atom. The standard InChI is InChI=1S/C7H10F4O3S/c8-5-3-4(7(9,10)11)1-2-6(5)15(12,13)14/h4-6H,1-3H2,(H,12,13,14). The van der Waals surface area contributed by atoms with Crippen LogP contribution in [0.25, 0.3) is 0 Å². The first-order chi connectivity index (χ1) is 6.62. The summed E-state index contributed by atoms with van der Waals surface area (Å²) in [4.78, 5) is 0. The Morgan fingerprint density at radius 1 is 1.20 bits per heavy atom. The third-order valence-corrected chi connectivity index (χ3v) is 3.85. The smallest absolute Gasteiger partial charge is 0.285 e. The molecule has 0 amide bonds. The van der Waals surface area contributed by atoms with Crippen LogP contribution in [0.3, 0.4) is 0 Å². The van der Waals surface area contributed by atoms with Gasteiger partial charge in [-0.05, 0) is 19.3 Å². The molecule has 0 bridgehead atoms. The van der Waals surface area contributed by atoms with Gasteiger partial charge in [-0.15, -0.1) is 0 Å². The van der Waals surface area contributed by atoms with Crippen molar-refractivity contribution in [2.24, 2.45) is 5.92 Å². The second-order valence-corrected chi connectivity index (χ2v) is 5.26. The number of alkyl halides is 4. The van der Waals surface area contributed by atoms with Gasteiger partial charge in [0, 0.05) is 0 Å². The Labute approximate surface area is 84.2 Å². The van der Waals surface area contributed by atoms with Gasteiger partial charge in [-0.1, -0.05) is 0 Å². The van der Waals surface area contributed by atoms with Crippen LogP contribution in [0.1, 0.15) is 19.3 Å². The van der Waals surface area contributed by atoms with Gasteiger partial charge in [0.05, 0.1) is 5.92 Å². The summed E-state index contributed by atoms with van der Waals surface area (Å²) in [5.74, 6) is -1.81. The predicted octanol–water partition coefficient (Wildman–Crippen LogP) is 1.94. The molecule has 1 aliphatic carbocycles. The summed E-state index contributed by atoms with van der Waals surface area (Å²) < 4.78 is 79.3. The topological polar surface area (TPSA) is 54.4 Å². The maximum absolute atomic E-state index is 13.1. The van der Waals surface area contributed by atoms with Crippen LogP contribution in [0, 0.1) is 5.92 Å². The zero-order valence-corrected chi connectivity index (χ0v) is 8.35. The Balaban J connectivity index is 2.72. The first kappa shape index (κ1) is 12.7. The molecule has 3 nitrogen and oxygen atoms in total. The Bertz CT molecular complexity index is 324. The monoisotopic (exact) mass is 250 g/mol. The van der Waals surface area contributed by atoms with E-state index in [1.54, 1.807) is 0 Å². The predicted molar refractivity (Wildman–Crippen MR) is 43.6 cm³/mol. The second kappa shape index (κ2) is 3.89. The van der Waals surface area contributed by atoms with Gasteiger partial charge in [0.25, 0.3) is 10.1 Å². The lowest BCUT2D eigenvalue weighted by Crippen LogP contribution is -2.40. The maximum Gasteiger partial charge on any atom is 0.391 e. The van der Waals surface area contributed by atoms with Crippen molar-refractivity contribution in [1.29, 1.82) is 0 Å². The van der Waals surface area contributed by atoms with E-state index in [1.807, 2.05) is 0 Å². The van der Waals surface area contributed by atoms with E-state index >= 15 is 0 Å². The highest BCUT2D eigenvalue weighted by molar-refractivity contribution is 7.86. The van der Waals surface area contributed by atoms with Gasteiger partial charge in [0.2, 0.25) is 0 Å². The van der Waals surface area contributed by atoms with E-state index in [0.717, 1.165) is 0 Å². The fourth-order valence-electron chi connectivity index (χ4n) is 1.72. The molecule has 0 saturated heterocycles. The molecule has 1 N–H and O–H groups in total. The lowest BCUT2D eigenvalue weighted by Gasteiger charge is -2.30. The van der Waals surface area contributed by atoms with Crippen LogP contribution in [0.15, 0.2) is 0 Å². The zero-order chi connectivity index (χ0) is 11.9. The van der Waals surface area contributed by atoms with E-state index in [-0.39, 0.29) is 0 Å². The molecule has 90 valence electrons. The molecule has 8 heteroatoms. The van der Waals surface area contributed by atoms with Crippen molar-refractivity contribution in [3.05, 3.63) is 0 Å². The summed E-state index contributed by atoms with van der Waals surface area (Å²) in [6.45, 7) is 0. The molecule has 0 aromatic carbocycles. The lowest BCUT2D eigenvalue weighted by atomic mass is 9.87. The summed E-state index contributed by atoms with van der Waals surface area (Å²) in [5.41, 5.74) is 0. The van der Waals surface area contributed by atoms with Crippen LogP contribution >= 0.6 is 0 Å². The van der Waals surface area contributed by atoms with Crippen LogP contribution < -0.4 is 0 Å². The molecular weight excluding hydrogens is 240 g/mol. The molecule has 3 atom stereocenters. The number of hydrogen-bond acceptors (Lipinski definition) is 2. The van der Waals surface area contributed by atoms with Gasteiger partial charge < -0.3 is 0 Å². The molecule has 0 aromatic rings. The minimum Gasteiger partial charge on any atom is -0.285 e. The Morgan fingerprint density at radius 3 is 2.07 bits per heavy atom. The van der Waals surface area contributed by atoms with Gasteiger partial charge in [0.15, 0.2) is 0 Å². The van der Waals surface area contributed by atoms with E-state index in [9.17, 15) is 26.0 Å². The average Bonchev–Trinajstić information content (AvgIpc) is 1.99. The summed E-state index contributed by atoms with van der Waals surface area (Å²) >= 11 is 0. The molecule has 15 heavy (non-hydrogen) atoms. The third kappa shape index (κ3) is 3.04. The quantitative estimate of drug-likeness (QED) is 0.571. The Hall–Kier alpha value is -0.370. The normalized spacial score (nSPS) is 34.1.